The summed E-state index contributed by atoms with van der Waals surface area (Å²) in [4.78, 5) is 6.45. The van der Waals surface area contributed by atoms with E-state index >= 15 is 0 Å². The van der Waals surface area contributed by atoms with Gasteiger partial charge in [0.25, 0.3) is 0 Å². The van der Waals surface area contributed by atoms with Gasteiger partial charge in [-0.15, -0.1) is 0 Å². The van der Waals surface area contributed by atoms with E-state index in [0.717, 1.165) is 25.2 Å². The third kappa shape index (κ3) is 5.10. The quantitative estimate of drug-likeness (QED) is 0.472. The maximum atomic E-state index is 13.2. The smallest absolute Gasteiger partial charge is 0.373 e. The molecule has 2 aliphatic rings. The molecular formula is C18H24F4N4O. The average molecular weight is 388 g/mol. The normalized spacial score (nSPS) is 24.0. The van der Waals surface area contributed by atoms with Gasteiger partial charge in [-0.05, 0) is 37.1 Å². The minimum atomic E-state index is -4.61. The van der Waals surface area contributed by atoms with E-state index in [9.17, 15) is 17.6 Å². The van der Waals surface area contributed by atoms with Gasteiger partial charge in [0, 0.05) is 32.7 Å². The van der Waals surface area contributed by atoms with Crippen LogP contribution in [0.4, 0.5) is 17.6 Å². The molecule has 2 fully saturated rings. The highest BCUT2D eigenvalue weighted by atomic mass is 19.4. The van der Waals surface area contributed by atoms with Crippen LogP contribution in [-0.4, -0.2) is 56.3 Å². The van der Waals surface area contributed by atoms with Crippen molar-refractivity contribution < 1.29 is 22.3 Å². The van der Waals surface area contributed by atoms with Crippen LogP contribution in [0.2, 0.25) is 0 Å². The molecule has 0 bridgehead atoms. The Hall–Kier alpha value is -1.87. The van der Waals surface area contributed by atoms with Crippen LogP contribution in [-0.2, 0) is 17.5 Å². The number of ether oxygens (including phenoxy) is 1. The molecule has 2 heterocycles. The maximum Gasteiger partial charge on any atom is 0.416 e. The first kappa shape index (κ1) is 19.9. The lowest BCUT2D eigenvalue weighted by Gasteiger charge is -2.35. The zero-order valence-corrected chi connectivity index (χ0v) is 15.2. The topological polar surface area (TPSA) is 48.9 Å². The van der Waals surface area contributed by atoms with E-state index in [4.69, 9.17) is 4.74 Å². The maximum absolute atomic E-state index is 13.2. The highest BCUT2D eigenvalue weighted by Gasteiger charge is 2.34. The first-order valence-corrected chi connectivity index (χ1v) is 9.02. The predicted octanol–water partition coefficient (Wildman–Crippen LogP) is 2.37. The molecule has 0 saturated carbocycles. The number of guanidine groups is 1. The Morgan fingerprint density at radius 2 is 2.15 bits per heavy atom. The molecule has 2 atom stereocenters. The minimum absolute atomic E-state index is 0.00876. The van der Waals surface area contributed by atoms with Crippen LogP contribution >= 0.6 is 0 Å². The Morgan fingerprint density at radius 3 is 2.89 bits per heavy atom. The second-order valence-electron chi connectivity index (χ2n) is 6.85. The van der Waals surface area contributed by atoms with E-state index in [1.165, 1.54) is 12.8 Å². The van der Waals surface area contributed by atoms with Crippen molar-refractivity contribution in [3.05, 3.63) is 35.1 Å². The zero-order chi connectivity index (χ0) is 19.4. The number of benzene rings is 1. The van der Waals surface area contributed by atoms with Crippen LogP contribution in [0.25, 0.3) is 0 Å². The molecule has 150 valence electrons. The summed E-state index contributed by atoms with van der Waals surface area (Å²) < 4.78 is 58.2. The number of nitrogens with one attached hydrogen (secondary N) is 2. The van der Waals surface area contributed by atoms with E-state index in [1.807, 2.05) is 0 Å². The van der Waals surface area contributed by atoms with Crippen LogP contribution in [0.5, 0.6) is 0 Å². The molecule has 2 N–H and O–H groups in total. The molecule has 3 rings (SSSR count). The number of rotatable bonds is 4. The molecule has 2 unspecified atom stereocenters. The van der Waals surface area contributed by atoms with Crippen molar-refractivity contribution in [2.24, 2.45) is 4.99 Å². The molecule has 1 aromatic carbocycles. The Labute approximate surface area is 155 Å². The number of hydrogen-bond acceptors (Lipinski definition) is 3. The lowest BCUT2D eigenvalue weighted by molar-refractivity contribution is -0.138. The van der Waals surface area contributed by atoms with Gasteiger partial charge in [0.15, 0.2) is 5.96 Å². The predicted molar refractivity (Wildman–Crippen MR) is 93.9 cm³/mol. The van der Waals surface area contributed by atoms with Crippen molar-refractivity contribution in [2.45, 2.75) is 37.7 Å². The monoisotopic (exact) mass is 388 g/mol. The van der Waals surface area contributed by atoms with E-state index in [2.05, 4.69) is 20.5 Å². The Morgan fingerprint density at radius 1 is 1.33 bits per heavy atom. The SMILES string of the molecule is CN=C(NCc1ccc(F)cc1C(F)(F)F)NCC1CN2CCCC2CO1. The molecule has 9 heteroatoms. The molecule has 1 aromatic rings. The minimum Gasteiger partial charge on any atom is -0.373 e. The van der Waals surface area contributed by atoms with Gasteiger partial charge in [-0.1, -0.05) is 6.07 Å². The number of alkyl halides is 3. The third-order valence-electron chi connectivity index (χ3n) is 5.01. The summed E-state index contributed by atoms with van der Waals surface area (Å²) >= 11 is 0. The molecule has 0 amide bonds. The summed E-state index contributed by atoms with van der Waals surface area (Å²) in [6, 6.07) is 3.18. The Balaban J connectivity index is 1.53. The molecule has 0 aliphatic carbocycles. The van der Waals surface area contributed by atoms with Crippen molar-refractivity contribution >= 4 is 5.96 Å². The Bertz CT molecular complexity index is 680. The fraction of sp³-hybridized carbons (Fsp3) is 0.611. The number of halogens is 4. The molecule has 2 aliphatic heterocycles. The molecule has 0 aromatic heterocycles. The van der Waals surface area contributed by atoms with Gasteiger partial charge in [0.2, 0.25) is 0 Å². The largest absolute Gasteiger partial charge is 0.416 e. The molecule has 27 heavy (non-hydrogen) atoms. The van der Waals surface area contributed by atoms with Crippen molar-refractivity contribution in [3.8, 4) is 0 Å². The van der Waals surface area contributed by atoms with Crippen molar-refractivity contribution in [1.29, 1.82) is 0 Å². The van der Waals surface area contributed by atoms with Crippen LogP contribution in [0, 0.1) is 5.82 Å². The number of fused-ring (bicyclic) bond motifs is 1. The molecule has 0 spiro atoms. The summed E-state index contributed by atoms with van der Waals surface area (Å²) in [5.41, 5.74) is -1.03. The van der Waals surface area contributed by atoms with Gasteiger partial charge >= 0.3 is 6.18 Å². The average Bonchev–Trinajstić information content (AvgIpc) is 3.09. The standard InChI is InChI=1S/C18H24F4N4O/c1-23-17(25-9-15-10-26-6-2-3-14(26)11-27-15)24-8-12-4-5-13(19)7-16(12)18(20,21)22/h4-5,7,14-15H,2-3,6,8-11H2,1H3,(H2,23,24,25). The van der Waals surface area contributed by atoms with Crippen molar-refractivity contribution in [3.63, 3.8) is 0 Å². The lowest BCUT2D eigenvalue weighted by atomic mass is 10.1. The van der Waals surface area contributed by atoms with E-state index in [1.54, 1.807) is 7.05 Å². The fourth-order valence-corrected chi connectivity index (χ4v) is 3.59. The number of aliphatic imine (C=N–C) groups is 1. The highest BCUT2D eigenvalue weighted by Crippen LogP contribution is 2.32. The zero-order valence-electron chi connectivity index (χ0n) is 15.2. The van der Waals surface area contributed by atoms with E-state index in [0.29, 0.717) is 31.2 Å². The summed E-state index contributed by atoms with van der Waals surface area (Å²) in [6.45, 7) is 3.03. The first-order chi connectivity index (χ1) is 12.9. The molecule has 2 saturated heterocycles. The summed E-state index contributed by atoms with van der Waals surface area (Å²) in [6.07, 6.45) is -2.24. The van der Waals surface area contributed by atoms with Gasteiger partial charge in [-0.25, -0.2) is 4.39 Å². The summed E-state index contributed by atoms with van der Waals surface area (Å²) in [5, 5.41) is 5.94. The highest BCUT2D eigenvalue weighted by molar-refractivity contribution is 5.79. The van der Waals surface area contributed by atoms with Gasteiger partial charge < -0.3 is 15.4 Å². The van der Waals surface area contributed by atoms with Crippen molar-refractivity contribution in [2.75, 3.05) is 33.3 Å². The van der Waals surface area contributed by atoms with Crippen LogP contribution in [0.1, 0.15) is 24.0 Å². The van der Waals surface area contributed by atoms with E-state index < -0.39 is 17.6 Å². The first-order valence-electron chi connectivity index (χ1n) is 9.02. The molecular weight excluding hydrogens is 364 g/mol. The molecule has 5 nitrogen and oxygen atoms in total. The van der Waals surface area contributed by atoms with Gasteiger partial charge in [0.05, 0.1) is 18.3 Å². The Kier molecular flexibility index (Phi) is 6.21. The number of hydrogen-bond donors (Lipinski definition) is 2. The fourth-order valence-electron chi connectivity index (χ4n) is 3.59. The second-order valence-corrected chi connectivity index (χ2v) is 6.85. The van der Waals surface area contributed by atoms with Gasteiger partial charge in [-0.2, -0.15) is 13.2 Å². The summed E-state index contributed by atoms with van der Waals surface area (Å²) in [7, 11) is 1.54. The van der Waals surface area contributed by atoms with Crippen molar-refractivity contribution in [1.82, 2.24) is 15.5 Å². The van der Waals surface area contributed by atoms with Crippen LogP contribution in [0.15, 0.2) is 23.2 Å². The van der Waals surface area contributed by atoms with Gasteiger partial charge in [-0.3, -0.25) is 9.89 Å². The number of morpholine rings is 1. The second kappa shape index (κ2) is 8.43. The van der Waals surface area contributed by atoms with Gasteiger partial charge in [0.1, 0.15) is 5.82 Å². The van der Waals surface area contributed by atoms with Crippen LogP contribution < -0.4 is 10.6 Å². The number of nitrogens with zero attached hydrogens (tertiary/aromatic N) is 2. The molecule has 0 radical (unpaired) electrons. The van der Waals surface area contributed by atoms with Crippen LogP contribution in [0.3, 0.4) is 0 Å². The summed E-state index contributed by atoms with van der Waals surface area (Å²) in [5.74, 6) is -0.539. The third-order valence-corrected chi connectivity index (χ3v) is 5.01. The lowest BCUT2D eigenvalue weighted by Crippen LogP contribution is -2.51. The van der Waals surface area contributed by atoms with E-state index in [-0.39, 0.29) is 18.2 Å².